The summed E-state index contributed by atoms with van der Waals surface area (Å²) in [7, 11) is -3.12. The van der Waals surface area contributed by atoms with Gasteiger partial charge in [0.15, 0.2) is 9.84 Å². The summed E-state index contributed by atoms with van der Waals surface area (Å²) in [6.45, 7) is 2.49. The van der Waals surface area contributed by atoms with Crippen molar-refractivity contribution in [2.24, 2.45) is 5.92 Å². The highest BCUT2D eigenvalue weighted by atomic mass is 32.2. The van der Waals surface area contributed by atoms with Crippen LogP contribution in [0.3, 0.4) is 0 Å². The zero-order chi connectivity index (χ0) is 13.4. The lowest BCUT2D eigenvalue weighted by molar-refractivity contribution is -0.0159. The Morgan fingerprint density at radius 3 is 2.67 bits per heavy atom. The third kappa shape index (κ3) is 3.44. The number of rotatable bonds is 3. The molecule has 2 rings (SSSR count). The Hall–Kier alpha value is -0.170. The zero-order valence-electron chi connectivity index (χ0n) is 10.8. The first-order valence-corrected chi connectivity index (χ1v) is 8.46. The fourth-order valence-corrected chi connectivity index (χ4v) is 4.91. The van der Waals surface area contributed by atoms with Crippen LogP contribution in [-0.4, -0.2) is 54.4 Å². The molecule has 1 aliphatic heterocycles. The van der Waals surface area contributed by atoms with Gasteiger partial charge < -0.3 is 15.5 Å². The second-order valence-corrected chi connectivity index (χ2v) is 8.21. The van der Waals surface area contributed by atoms with Gasteiger partial charge in [-0.25, -0.2) is 8.42 Å². The van der Waals surface area contributed by atoms with Crippen LogP contribution in [0.15, 0.2) is 0 Å². The lowest BCUT2D eigenvalue weighted by Crippen LogP contribution is -2.50. The summed E-state index contributed by atoms with van der Waals surface area (Å²) < 4.78 is 22.7. The highest BCUT2D eigenvalue weighted by Gasteiger charge is 2.39. The van der Waals surface area contributed by atoms with Crippen molar-refractivity contribution in [3.8, 4) is 0 Å². The summed E-state index contributed by atoms with van der Waals surface area (Å²) in [5.74, 6) is 0.307. The van der Waals surface area contributed by atoms with Crippen molar-refractivity contribution in [2.75, 3.05) is 18.1 Å². The first-order valence-electron chi connectivity index (χ1n) is 6.64. The summed E-state index contributed by atoms with van der Waals surface area (Å²) in [5.41, 5.74) is -0.746. The van der Waals surface area contributed by atoms with Crippen molar-refractivity contribution in [3.05, 3.63) is 0 Å². The third-order valence-electron chi connectivity index (χ3n) is 4.08. The van der Waals surface area contributed by atoms with Crippen LogP contribution in [0.25, 0.3) is 0 Å². The van der Waals surface area contributed by atoms with Crippen molar-refractivity contribution in [2.45, 2.75) is 50.4 Å². The Bertz CT molecular complexity index is 397. The average Bonchev–Trinajstić information content (AvgIpc) is 2.49. The van der Waals surface area contributed by atoms with E-state index >= 15 is 0 Å². The maximum absolute atomic E-state index is 11.4. The van der Waals surface area contributed by atoms with E-state index in [2.05, 4.69) is 12.2 Å². The molecule has 5 nitrogen and oxygen atoms in total. The normalized spacial score (nSPS) is 44.1. The van der Waals surface area contributed by atoms with Gasteiger partial charge in [0.1, 0.15) is 0 Å². The zero-order valence-corrected chi connectivity index (χ0v) is 11.6. The smallest absolute Gasteiger partial charge is 0.154 e. The Morgan fingerprint density at radius 1 is 1.39 bits per heavy atom. The summed E-state index contributed by atoms with van der Waals surface area (Å²) in [6.07, 6.45) is 2.79. The van der Waals surface area contributed by atoms with Crippen LogP contribution in [0.1, 0.15) is 32.6 Å². The SMILES string of the molecule is CC1CCCC(O)(CNC2CS(=O)(=O)CC2O)C1. The van der Waals surface area contributed by atoms with E-state index in [-0.39, 0.29) is 11.5 Å². The molecule has 0 bridgehead atoms. The van der Waals surface area contributed by atoms with Crippen LogP contribution in [0.5, 0.6) is 0 Å². The molecule has 0 radical (unpaired) electrons. The van der Waals surface area contributed by atoms with E-state index in [1.165, 1.54) is 0 Å². The van der Waals surface area contributed by atoms with E-state index in [9.17, 15) is 18.6 Å². The van der Waals surface area contributed by atoms with Crippen molar-refractivity contribution in [1.29, 1.82) is 0 Å². The molecule has 2 aliphatic rings. The summed E-state index contributed by atoms with van der Waals surface area (Å²) in [5, 5.41) is 23.1. The van der Waals surface area contributed by atoms with Crippen molar-refractivity contribution in [1.82, 2.24) is 5.32 Å². The van der Waals surface area contributed by atoms with Gasteiger partial charge in [0.25, 0.3) is 0 Å². The van der Waals surface area contributed by atoms with Crippen molar-refractivity contribution in [3.63, 3.8) is 0 Å². The van der Waals surface area contributed by atoms with Gasteiger partial charge in [0.05, 0.1) is 23.2 Å². The standard InChI is InChI=1S/C12H23NO4S/c1-9-3-2-4-12(15,5-9)8-13-10-6-18(16,17)7-11(10)14/h9-11,13-15H,2-8H2,1H3. The van der Waals surface area contributed by atoms with Gasteiger partial charge in [-0.05, 0) is 18.8 Å². The fraction of sp³-hybridized carbons (Fsp3) is 1.00. The Balaban J connectivity index is 1.88. The summed E-state index contributed by atoms with van der Waals surface area (Å²) >= 11 is 0. The van der Waals surface area contributed by atoms with E-state index < -0.39 is 27.6 Å². The minimum atomic E-state index is -3.12. The molecule has 0 amide bonds. The number of aliphatic hydroxyl groups excluding tert-OH is 1. The fourth-order valence-electron chi connectivity index (χ4n) is 3.14. The summed E-state index contributed by atoms with van der Waals surface area (Å²) in [6, 6.07) is -0.434. The van der Waals surface area contributed by atoms with Crippen molar-refractivity contribution >= 4 is 9.84 Å². The van der Waals surface area contributed by atoms with Crippen LogP contribution in [0.4, 0.5) is 0 Å². The van der Waals surface area contributed by atoms with Gasteiger partial charge in [-0.15, -0.1) is 0 Å². The predicted octanol–water partition coefficient (Wildman–Crippen LogP) is -0.325. The molecular formula is C12H23NO4S. The second kappa shape index (κ2) is 5.07. The molecule has 4 atom stereocenters. The van der Waals surface area contributed by atoms with Gasteiger partial charge in [0.2, 0.25) is 0 Å². The molecule has 2 fully saturated rings. The minimum absolute atomic E-state index is 0.0280. The molecule has 106 valence electrons. The molecule has 4 unspecified atom stereocenters. The van der Waals surface area contributed by atoms with Crippen molar-refractivity contribution < 1.29 is 18.6 Å². The molecule has 1 saturated heterocycles. The van der Waals surface area contributed by atoms with E-state index in [0.717, 1.165) is 25.7 Å². The highest BCUT2D eigenvalue weighted by Crippen LogP contribution is 2.31. The topological polar surface area (TPSA) is 86.6 Å². The molecule has 0 aromatic heterocycles. The maximum atomic E-state index is 11.4. The van der Waals surface area contributed by atoms with Gasteiger partial charge >= 0.3 is 0 Å². The lowest BCUT2D eigenvalue weighted by Gasteiger charge is -2.36. The summed E-state index contributed by atoms with van der Waals surface area (Å²) in [4.78, 5) is 0. The van der Waals surface area contributed by atoms with Gasteiger partial charge in [-0.3, -0.25) is 0 Å². The molecule has 18 heavy (non-hydrogen) atoms. The van der Waals surface area contributed by atoms with Crippen LogP contribution in [-0.2, 0) is 9.84 Å². The molecule has 0 aromatic rings. The number of sulfone groups is 1. The van der Waals surface area contributed by atoms with Gasteiger partial charge in [-0.1, -0.05) is 19.8 Å². The Morgan fingerprint density at radius 2 is 2.11 bits per heavy atom. The number of hydrogen-bond donors (Lipinski definition) is 3. The maximum Gasteiger partial charge on any atom is 0.154 e. The van der Waals surface area contributed by atoms with Gasteiger partial charge in [0, 0.05) is 12.6 Å². The Labute approximate surface area is 109 Å². The number of hydrogen-bond acceptors (Lipinski definition) is 5. The van der Waals surface area contributed by atoms with E-state index in [1.54, 1.807) is 0 Å². The molecule has 3 N–H and O–H groups in total. The number of nitrogens with one attached hydrogen (secondary N) is 1. The first kappa shape index (κ1) is 14.2. The van der Waals surface area contributed by atoms with Crippen LogP contribution in [0, 0.1) is 5.92 Å². The van der Waals surface area contributed by atoms with Crippen LogP contribution >= 0.6 is 0 Å². The van der Waals surface area contributed by atoms with E-state index in [0.29, 0.717) is 12.5 Å². The molecule has 0 spiro atoms. The first-order chi connectivity index (χ1) is 8.30. The van der Waals surface area contributed by atoms with Crippen LogP contribution in [0.2, 0.25) is 0 Å². The third-order valence-corrected chi connectivity index (χ3v) is 5.80. The van der Waals surface area contributed by atoms with Crippen LogP contribution < -0.4 is 5.32 Å². The quantitative estimate of drug-likeness (QED) is 0.658. The molecule has 6 heteroatoms. The lowest BCUT2D eigenvalue weighted by atomic mass is 9.79. The second-order valence-electron chi connectivity index (χ2n) is 6.06. The molecular weight excluding hydrogens is 254 g/mol. The van der Waals surface area contributed by atoms with Gasteiger partial charge in [-0.2, -0.15) is 0 Å². The molecule has 1 saturated carbocycles. The molecule has 1 heterocycles. The highest BCUT2D eigenvalue weighted by molar-refractivity contribution is 7.91. The van der Waals surface area contributed by atoms with E-state index in [1.807, 2.05) is 0 Å². The minimum Gasteiger partial charge on any atom is -0.390 e. The average molecular weight is 277 g/mol. The monoisotopic (exact) mass is 277 g/mol. The molecule has 1 aliphatic carbocycles. The van der Waals surface area contributed by atoms with E-state index in [4.69, 9.17) is 0 Å². The Kier molecular flexibility index (Phi) is 4.02. The largest absolute Gasteiger partial charge is 0.390 e. The molecule has 0 aromatic carbocycles. The predicted molar refractivity (Wildman–Crippen MR) is 69.0 cm³/mol. The number of aliphatic hydroxyl groups is 2.